The summed E-state index contributed by atoms with van der Waals surface area (Å²) in [5.41, 5.74) is 1.47. The van der Waals surface area contributed by atoms with E-state index in [4.69, 9.17) is 9.47 Å². The SMILES string of the molecule is O=C(C1CCC(=O)N1Cc1ccc2c(c1)OCO2)N1CCN(c2ccccc2F)CC1. The maximum atomic E-state index is 14.1. The standard InChI is InChI=1S/C23H24FN3O4/c24-17-3-1-2-4-18(17)25-9-11-26(12-10-25)23(29)19-6-8-22(28)27(19)14-16-5-7-20-21(13-16)31-15-30-20/h1-5,7,13,19H,6,8-12,14-15H2. The Bertz CT molecular complexity index is 1010. The molecule has 3 heterocycles. The van der Waals surface area contributed by atoms with Gasteiger partial charge in [0.2, 0.25) is 18.6 Å². The Hall–Kier alpha value is -3.29. The van der Waals surface area contributed by atoms with Crippen molar-refractivity contribution in [3.63, 3.8) is 0 Å². The molecule has 2 fully saturated rings. The molecule has 2 saturated heterocycles. The Morgan fingerprint density at radius 1 is 1.03 bits per heavy atom. The van der Waals surface area contributed by atoms with E-state index in [1.807, 2.05) is 29.2 Å². The highest BCUT2D eigenvalue weighted by Crippen LogP contribution is 2.34. The highest BCUT2D eigenvalue weighted by Gasteiger charge is 2.39. The van der Waals surface area contributed by atoms with Gasteiger partial charge in [0.1, 0.15) is 11.9 Å². The Kier molecular flexibility index (Phi) is 5.13. The Labute approximate surface area is 179 Å². The van der Waals surface area contributed by atoms with Crippen molar-refractivity contribution in [1.29, 1.82) is 0 Å². The van der Waals surface area contributed by atoms with Gasteiger partial charge in [0.15, 0.2) is 11.5 Å². The van der Waals surface area contributed by atoms with Crippen molar-refractivity contribution < 1.29 is 23.5 Å². The predicted octanol–water partition coefficient (Wildman–Crippen LogP) is 2.39. The Morgan fingerprint density at radius 2 is 1.81 bits per heavy atom. The maximum Gasteiger partial charge on any atom is 0.245 e. The van der Waals surface area contributed by atoms with Gasteiger partial charge < -0.3 is 24.2 Å². The molecule has 162 valence electrons. The van der Waals surface area contributed by atoms with Crippen molar-refractivity contribution in [2.24, 2.45) is 0 Å². The number of nitrogens with zero attached hydrogens (tertiary/aromatic N) is 3. The Balaban J connectivity index is 1.24. The molecule has 2 aromatic carbocycles. The van der Waals surface area contributed by atoms with Crippen LogP contribution in [0.1, 0.15) is 18.4 Å². The molecule has 31 heavy (non-hydrogen) atoms. The van der Waals surface area contributed by atoms with E-state index in [1.165, 1.54) is 6.07 Å². The second-order valence-electron chi connectivity index (χ2n) is 8.03. The van der Waals surface area contributed by atoms with Gasteiger partial charge in [0.05, 0.1) is 5.69 Å². The molecule has 3 aliphatic rings. The lowest BCUT2D eigenvalue weighted by molar-refractivity contribution is -0.142. The van der Waals surface area contributed by atoms with Crippen molar-refractivity contribution in [2.45, 2.75) is 25.4 Å². The number of carbonyl (C=O) groups excluding carboxylic acids is 2. The number of halogens is 1. The van der Waals surface area contributed by atoms with Crippen LogP contribution in [0.15, 0.2) is 42.5 Å². The first-order valence-corrected chi connectivity index (χ1v) is 10.6. The van der Waals surface area contributed by atoms with Gasteiger partial charge in [0.25, 0.3) is 0 Å². The quantitative estimate of drug-likeness (QED) is 0.753. The highest BCUT2D eigenvalue weighted by atomic mass is 19.1. The van der Waals surface area contributed by atoms with Gasteiger partial charge in [-0.3, -0.25) is 9.59 Å². The first kappa shape index (κ1) is 19.7. The van der Waals surface area contributed by atoms with Crippen LogP contribution in [0.5, 0.6) is 11.5 Å². The number of hydrogen-bond acceptors (Lipinski definition) is 5. The normalized spacial score (nSPS) is 20.5. The number of amides is 2. The third kappa shape index (κ3) is 3.78. The van der Waals surface area contributed by atoms with Gasteiger partial charge in [-0.1, -0.05) is 18.2 Å². The number of benzene rings is 2. The Morgan fingerprint density at radius 3 is 2.61 bits per heavy atom. The van der Waals surface area contributed by atoms with E-state index >= 15 is 0 Å². The molecule has 0 aliphatic carbocycles. The summed E-state index contributed by atoms with van der Waals surface area (Å²) in [5.74, 6) is 1.06. The average Bonchev–Trinajstić information content (AvgIpc) is 3.40. The maximum absolute atomic E-state index is 14.1. The van der Waals surface area contributed by atoms with Crippen LogP contribution in [-0.2, 0) is 16.1 Å². The van der Waals surface area contributed by atoms with E-state index in [1.54, 1.807) is 21.9 Å². The van der Waals surface area contributed by atoms with Gasteiger partial charge in [-0.2, -0.15) is 0 Å². The summed E-state index contributed by atoms with van der Waals surface area (Å²) < 4.78 is 24.8. The number of para-hydroxylation sites is 1. The van der Waals surface area contributed by atoms with E-state index in [0.29, 0.717) is 62.8 Å². The van der Waals surface area contributed by atoms with Crippen molar-refractivity contribution in [2.75, 3.05) is 37.9 Å². The van der Waals surface area contributed by atoms with Crippen LogP contribution >= 0.6 is 0 Å². The minimum Gasteiger partial charge on any atom is -0.454 e. The lowest BCUT2D eigenvalue weighted by Crippen LogP contribution is -2.54. The largest absolute Gasteiger partial charge is 0.454 e. The molecule has 2 aromatic rings. The molecule has 8 heteroatoms. The summed E-state index contributed by atoms with van der Waals surface area (Å²) in [5, 5.41) is 0. The fourth-order valence-corrected chi connectivity index (χ4v) is 4.51. The number of piperazine rings is 1. The molecule has 5 rings (SSSR count). The second kappa shape index (κ2) is 8.09. The fourth-order valence-electron chi connectivity index (χ4n) is 4.51. The van der Waals surface area contributed by atoms with Crippen LogP contribution in [0.3, 0.4) is 0 Å². The minimum absolute atomic E-state index is 0.0130. The van der Waals surface area contributed by atoms with Crippen molar-refractivity contribution in [1.82, 2.24) is 9.80 Å². The number of likely N-dealkylation sites (tertiary alicyclic amines) is 1. The monoisotopic (exact) mass is 425 g/mol. The topological polar surface area (TPSA) is 62.3 Å². The number of hydrogen-bond donors (Lipinski definition) is 0. The van der Waals surface area contributed by atoms with E-state index in [0.717, 1.165) is 5.56 Å². The smallest absolute Gasteiger partial charge is 0.245 e. The summed E-state index contributed by atoms with van der Waals surface area (Å²) >= 11 is 0. The molecule has 2 amide bonds. The summed E-state index contributed by atoms with van der Waals surface area (Å²) in [6.45, 7) is 2.71. The van der Waals surface area contributed by atoms with Crippen LogP contribution in [0.2, 0.25) is 0 Å². The van der Waals surface area contributed by atoms with E-state index in [9.17, 15) is 14.0 Å². The van der Waals surface area contributed by atoms with Gasteiger partial charge in [0, 0.05) is 39.1 Å². The third-order valence-electron chi connectivity index (χ3n) is 6.19. The molecule has 0 radical (unpaired) electrons. The molecule has 0 bridgehead atoms. The van der Waals surface area contributed by atoms with Crippen molar-refractivity contribution >= 4 is 17.5 Å². The molecule has 0 spiro atoms. The molecule has 0 aromatic heterocycles. The van der Waals surface area contributed by atoms with E-state index < -0.39 is 6.04 Å². The number of ether oxygens (including phenoxy) is 2. The van der Waals surface area contributed by atoms with Crippen LogP contribution in [0.25, 0.3) is 0 Å². The van der Waals surface area contributed by atoms with Gasteiger partial charge >= 0.3 is 0 Å². The number of rotatable bonds is 4. The van der Waals surface area contributed by atoms with Crippen LogP contribution in [-0.4, -0.2) is 60.6 Å². The first-order valence-electron chi connectivity index (χ1n) is 10.6. The molecular weight excluding hydrogens is 401 g/mol. The zero-order valence-corrected chi connectivity index (χ0v) is 17.1. The molecule has 3 aliphatic heterocycles. The summed E-state index contributed by atoms with van der Waals surface area (Å²) in [4.78, 5) is 31.2. The molecule has 0 saturated carbocycles. The summed E-state index contributed by atoms with van der Waals surface area (Å²) in [6.07, 6.45) is 0.895. The zero-order valence-electron chi connectivity index (χ0n) is 17.1. The van der Waals surface area contributed by atoms with Gasteiger partial charge in [-0.15, -0.1) is 0 Å². The molecule has 1 atom stereocenters. The van der Waals surface area contributed by atoms with Gasteiger partial charge in [-0.25, -0.2) is 4.39 Å². The minimum atomic E-state index is -0.460. The number of carbonyl (C=O) groups is 2. The van der Waals surface area contributed by atoms with E-state index in [-0.39, 0.29) is 24.4 Å². The number of anilines is 1. The summed E-state index contributed by atoms with van der Waals surface area (Å²) in [6, 6.07) is 11.8. The van der Waals surface area contributed by atoms with Crippen LogP contribution in [0.4, 0.5) is 10.1 Å². The fraction of sp³-hybridized carbons (Fsp3) is 0.391. The molecular formula is C23H24FN3O4. The number of fused-ring (bicyclic) bond motifs is 1. The summed E-state index contributed by atoms with van der Waals surface area (Å²) in [7, 11) is 0. The van der Waals surface area contributed by atoms with Gasteiger partial charge in [-0.05, 0) is 36.2 Å². The molecule has 1 unspecified atom stereocenters. The second-order valence-corrected chi connectivity index (χ2v) is 8.03. The third-order valence-corrected chi connectivity index (χ3v) is 6.19. The highest BCUT2D eigenvalue weighted by molar-refractivity contribution is 5.91. The molecule has 0 N–H and O–H groups in total. The van der Waals surface area contributed by atoms with E-state index in [2.05, 4.69) is 0 Å². The zero-order chi connectivity index (χ0) is 21.4. The lowest BCUT2D eigenvalue weighted by Gasteiger charge is -2.38. The van der Waals surface area contributed by atoms with Crippen LogP contribution < -0.4 is 14.4 Å². The molecule has 7 nitrogen and oxygen atoms in total. The average molecular weight is 425 g/mol. The van der Waals surface area contributed by atoms with Crippen molar-refractivity contribution in [3.05, 3.63) is 53.8 Å². The van der Waals surface area contributed by atoms with Crippen LogP contribution in [0, 0.1) is 5.82 Å². The lowest BCUT2D eigenvalue weighted by atomic mass is 10.1. The predicted molar refractivity (Wildman–Crippen MR) is 111 cm³/mol. The first-order chi connectivity index (χ1) is 15.1. The van der Waals surface area contributed by atoms with Crippen molar-refractivity contribution in [3.8, 4) is 11.5 Å².